The number of nitrogens with zero attached hydrogens (tertiary/aromatic N) is 1. The van der Waals surface area contributed by atoms with Crippen LogP contribution >= 0.6 is 0 Å². The molecular weight excluding hydrogens is 240 g/mol. The van der Waals surface area contributed by atoms with E-state index in [0.29, 0.717) is 11.8 Å². The molecule has 0 aromatic rings. The Morgan fingerprint density at radius 3 is 3.00 bits per heavy atom. The van der Waals surface area contributed by atoms with Crippen molar-refractivity contribution < 1.29 is 9.53 Å². The van der Waals surface area contributed by atoms with Gasteiger partial charge in [-0.1, -0.05) is 13.3 Å². The second-order valence-corrected chi connectivity index (χ2v) is 6.17. The molecule has 2 atom stereocenters. The van der Waals surface area contributed by atoms with Crippen molar-refractivity contribution in [3.8, 4) is 0 Å². The van der Waals surface area contributed by atoms with E-state index in [-0.39, 0.29) is 5.41 Å². The van der Waals surface area contributed by atoms with E-state index in [9.17, 15) is 4.79 Å². The van der Waals surface area contributed by atoms with E-state index in [1.165, 1.54) is 6.42 Å². The Morgan fingerprint density at radius 1 is 1.53 bits per heavy atom. The number of rotatable bonds is 5. The Bertz CT molecular complexity index is 299. The van der Waals surface area contributed by atoms with E-state index < -0.39 is 0 Å². The van der Waals surface area contributed by atoms with E-state index >= 15 is 0 Å². The molecule has 0 saturated carbocycles. The Hall–Kier alpha value is -0.610. The number of likely N-dealkylation sites (tertiary alicyclic amines) is 1. The lowest BCUT2D eigenvalue weighted by Gasteiger charge is -2.38. The summed E-state index contributed by atoms with van der Waals surface area (Å²) in [7, 11) is 1.75. The molecule has 2 aliphatic heterocycles. The maximum atomic E-state index is 12.9. The molecule has 4 heteroatoms. The zero-order valence-corrected chi connectivity index (χ0v) is 12.4. The van der Waals surface area contributed by atoms with Crippen molar-refractivity contribution in [3.05, 3.63) is 0 Å². The fourth-order valence-corrected chi connectivity index (χ4v) is 3.68. The number of ether oxygens (including phenoxy) is 1. The molecule has 110 valence electrons. The predicted octanol–water partition coefficient (Wildman–Crippen LogP) is 1.65. The van der Waals surface area contributed by atoms with Crippen molar-refractivity contribution in [3.63, 3.8) is 0 Å². The molecule has 0 aliphatic carbocycles. The molecular formula is C15H28N2O2. The van der Waals surface area contributed by atoms with Crippen LogP contribution in [0.25, 0.3) is 0 Å². The van der Waals surface area contributed by atoms with E-state index in [1.54, 1.807) is 7.11 Å². The summed E-state index contributed by atoms with van der Waals surface area (Å²) in [4.78, 5) is 15.0. The van der Waals surface area contributed by atoms with Gasteiger partial charge in [0, 0.05) is 26.7 Å². The summed E-state index contributed by atoms with van der Waals surface area (Å²) in [6.07, 6.45) is 5.42. The van der Waals surface area contributed by atoms with Gasteiger partial charge in [0.25, 0.3) is 0 Å². The molecule has 2 aliphatic rings. The van der Waals surface area contributed by atoms with Crippen molar-refractivity contribution in [1.29, 1.82) is 0 Å². The van der Waals surface area contributed by atoms with Crippen LogP contribution in [0.4, 0.5) is 0 Å². The number of hydrogen-bond acceptors (Lipinski definition) is 3. The molecule has 2 unspecified atom stereocenters. The van der Waals surface area contributed by atoms with Crippen molar-refractivity contribution in [2.75, 3.05) is 39.9 Å². The van der Waals surface area contributed by atoms with E-state index in [0.717, 1.165) is 58.5 Å². The second kappa shape index (κ2) is 6.71. The summed E-state index contributed by atoms with van der Waals surface area (Å²) in [5.41, 5.74) is -0.121. The van der Waals surface area contributed by atoms with Gasteiger partial charge in [0.05, 0.1) is 12.0 Å². The van der Waals surface area contributed by atoms with Gasteiger partial charge in [0.15, 0.2) is 0 Å². The number of nitrogens with one attached hydrogen (secondary N) is 1. The summed E-state index contributed by atoms with van der Waals surface area (Å²) in [5.74, 6) is 0.913. The fourth-order valence-electron chi connectivity index (χ4n) is 3.68. The number of carbonyl (C=O) groups excluding carboxylic acids is 1. The van der Waals surface area contributed by atoms with Gasteiger partial charge < -0.3 is 15.0 Å². The minimum absolute atomic E-state index is 0.121. The third-order valence-electron chi connectivity index (χ3n) is 4.63. The Balaban J connectivity index is 2.00. The van der Waals surface area contributed by atoms with Crippen molar-refractivity contribution in [2.24, 2.45) is 11.3 Å². The number of methoxy groups -OCH3 is 1. The second-order valence-electron chi connectivity index (χ2n) is 6.17. The maximum absolute atomic E-state index is 12.9. The topological polar surface area (TPSA) is 41.6 Å². The van der Waals surface area contributed by atoms with Gasteiger partial charge in [-0.25, -0.2) is 0 Å². The minimum atomic E-state index is -0.121. The van der Waals surface area contributed by atoms with Crippen LogP contribution in [0.15, 0.2) is 0 Å². The molecule has 1 amide bonds. The van der Waals surface area contributed by atoms with E-state index in [1.807, 2.05) is 0 Å². The molecule has 0 bridgehead atoms. The summed E-state index contributed by atoms with van der Waals surface area (Å²) in [6.45, 7) is 6.63. The molecule has 1 N–H and O–H groups in total. The third-order valence-corrected chi connectivity index (χ3v) is 4.63. The molecule has 4 nitrogen and oxygen atoms in total. The van der Waals surface area contributed by atoms with Crippen molar-refractivity contribution in [1.82, 2.24) is 10.2 Å². The standard InChI is InChI=1S/C15H28N2O2/c1-3-6-15(7-8-16-12-15)14(18)17-9-4-5-13(10-17)11-19-2/h13,16H,3-12H2,1-2H3. The molecule has 19 heavy (non-hydrogen) atoms. The van der Waals surface area contributed by atoms with E-state index in [4.69, 9.17) is 4.74 Å². The largest absolute Gasteiger partial charge is 0.384 e. The van der Waals surface area contributed by atoms with Gasteiger partial charge in [-0.15, -0.1) is 0 Å². The summed E-state index contributed by atoms with van der Waals surface area (Å²) >= 11 is 0. The molecule has 2 fully saturated rings. The van der Waals surface area contributed by atoms with Gasteiger partial charge in [-0.2, -0.15) is 0 Å². The predicted molar refractivity (Wildman–Crippen MR) is 76.0 cm³/mol. The van der Waals surface area contributed by atoms with Gasteiger partial charge >= 0.3 is 0 Å². The molecule has 2 rings (SSSR count). The highest BCUT2D eigenvalue weighted by Gasteiger charge is 2.43. The van der Waals surface area contributed by atoms with Crippen LogP contribution in [0.3, 0.4) is 0 Å². The molecule has 0 radical (unpaired) electrons. The first-order valence-electron chi connectivity index (χ1n) is 7.71. The first-order valence-corrected chi connectivity index (χ1v) is 7.71. The number of piperidine rings is 1. The Morgan fingerprint density at radius 2 is 2.37 bits per heavy atom. The molecule has 0 aromatic carbocycles. The van der Waals surface area contributed by atoms with Gasteiger partial charge in [0.2, 0.25) is 5.91 Å². The third kappa shape index (κ3) is 3.29. The molecule has 2 heterocycles. The van der Waals surface area contributed by atoms with Crippen molar-refractivity contribution >= 4 is 5.91 Å². The van der Waals surface area contributed by atoms with Crippen LogP contribution in [0.5, 0.6) is 0 Å². The quantitative estimate of drug-likeness (QED) is 0.824. The fraction of sp³-hybridized carbons (Fsp3) is 0.933. The van der Waals surface area contributed by atoms with Gasteiger partial charge in [0.1, 0.15) is 0 Å². The minimum Gasteiger partial charge on any atom is -0.384 e. The van der Waals surface area contributed by atoms with E-state index in [2.05, 4.69) is 17.1 Å². The highest BCUT2D eigenvalue weighted by atomic mass is 16.5. The average Bonchev–Trinajstić information content (AvgIpc) is 2.89. The van der Waals surface area contributed by atoms with Crippen LogP contribution in [-0.4, -0.2) is 50.7 Å². The smallest absolute Gasteiger partial charge is 0.230 e. The maximum Gasteiger partial charge on any atom is 0.230 e. The lowest BCUT2D eigenvalue weighted by molar-refractivity contribution is -0.144. The van der Waals surface area contributed by atoms with Gasteiger partial charge in [-0.05, 0) is 38.1 Å². The number of hydrogen-bond donors (Lipinski definition) is 1. The highest BCUT2D eigenvalue weighted by Crippen LogP contribution is 2.34. The normalized spacial score (nSPS) is 31.7. The van der Waals surface area contributed by atoms with Gasteiger partial charge in [-0.3, -0.25) is 4.79 Å². The van der Waals surface area contributed by atoms with Crippen molar-refractivity contribution in [2.45, 2.75) is 39.0 Å². The Kier molecular flexibility index (Phi) is 5.22. The Labute approximate surface area is 116 Å². The molecule has 0 aromatic heterocycles. The van der Waals surface area contributed by atoms with Crippen LogP contribution in [0, 0.1) is 11.3 Å². The first-order chi connectivity index (χ1) is 9.22. The SMILES string of the molecule is CCCC1(C(=O)N2CCCC(COC)C2)CCNC1. The number of amides is 1. The zero-order chi connectivity index (χ0) is 13.7. The lowest BCUT2D eigenvalue weighted by Crippen LogP contribution is -2.49. The summed E-state index contributed by atoms with van der Waals surface area (Å²) in [6, 6.07) is 0. The molecule has 2 saturated heterocycles. The lowest BCUT2D eigenvalue weighted by atomic mass is 9.80. The summed E-state index contributed by atoms with van der Waals surface area (Å²) < 4.78 is 5.26. The average molecular weight is 268 g/mol. The van der Waals surface area contributed by atoms with Crippen LogP contribution in [0.2, 0.25) is 0 Å². The highest BCUT2D eigenvalue weighted by molar-refractivity contribution is 5.83. The first kappa shape index (κ1) is 14.8. The van der Waals surface area contributed by atoms with Crippen LogP contribution in [0.1, 0.15) is 39.0 Å². The monoisotopic (exact) mass is 268 g/mol. The number of carbonyl (C=O) groups is 1. The van der Waals surface area contributed by atoms with Crippen LogP contribution < -0.4 is 5.32 Å². The van der Waals surface area contributed by atoms with Crippen LogP contribution in [-0.2, 0) is 9.53 Å². The molecule has 0 spiro atoms. The summed E-state index contributed by atoms with van der Waals surface area (Å²) in [5, 5.41) is 3.38. The zero-order valence-electron chi connectivity index (χ0n) is 12.4.